The average Bonchev–Trinajstić information content (AvgIpc) is 2.19. The van der Waals surface area contributed by atoms with E-state index in [1.165, 1.54) is 6.07 Å². The molecule has 0 fully saturated rings. The Balaban J connectivity index is 2.78. The van der Waals surface area contributed by atoms with E-state index in [1.807, 2.05) is 0 Å². The SMILES string of the molecule is CS(=O)CCNc1ccc(Cl)cc1[N+](=O)[O-]. The largest absolute Gasteiger partial charge is 0.379 e. The maximum absolute atomic E-state index is 10.8. The number of nitrogens with one attached hydrogen (secondary N) is 1. The fourth-order valence-electron chi connectivity index (χ4n) is 1.13. The predicted molar refractivity (Wildman–Crippen MR) is 65.5 cm³/mol. The molecule has 1 N–H and O–H groups in total. The van der Waals surface area contributed by atoms with Crippen LogP contribution < -0.4 is 5.32 Å². The van der Waals surface area contributed by atoms with Gasteiger partial charge in [0.2, 0.25) is 0 Å². The molecule has 1 unspecified atom stereocenters. The standard InChI is InChI=1S/C9H11ClN2O3S/c1-16(15)5-4-11-8-3-2-7(10)6-9(8)12(13)14/h2-3,6,11H,4-5H2,1H3. The highest BCUT2D eigenvalue weighted by Crippen LogP contribution is 2.27. The Hall–Kier alpha value is -1.14. The summed E-state index contributed by atoms with van der Waals surface area (Å²) in [5, 5.41) is 13.9. The van der Waals surface area contributed by atoms with Gasteiger partial charge in [0.1, 0.15) is 5.69 Å². The van der Waals surface area contributed by atoms with Gasteiger partial charge in [-0.25, -0.2) is 0 Å². The van der Waals surface area contributed by atoms with E-state index in [4.69, 9.17) is 11.6 Å². The summed E-state index contributed by atoms with van der Waals surface area (Å²) in [6.07, 6.45) is 1.58. The van der Waals surface area contributed by atoms with Crippen molar-refractivity contribution >= 4 is 33.8 Å². The van der Waals surface area contributed by atoms with E-state index in [0.717, 1.165) is 0 Å². The highest BCUT2D eigenvalue weighted by atomic mass is 35.5. The number of anilines is 1. The molecule has 0 aliphatic heterocycles. The van der Waals surface area contributed by atoms with Crippen LogP contribution in [0.5, 0.6) is 0 Å². The minimum absolute atomic E-state index is 0.0746. The molecule has 0 saturated heterocycles. The van der Waals surface area contributed by atoms with E-state index >= 15 is 0 Å². The van der Waals surface area contributed by atoms with E-state index < -0.39 is 15.7 Å². The Morgan fingerprint density at radius 3 is 2.81 bits per heavy atom. The van der Waals surface area contributed by atoms with Crippen molar-refractivity contribution in [2.75, 3.05) is 23.9 Å². The van der Waals surface area contributed by atoms with Crippen LogP contribution in [0.3, 0.4) is 0 Å². The molecular weight excluding hydrogens is 252 g/mol. The molecule has 7 heteroatoms. The molecule has 0 saturated carbocycles. The van der Waals surface area contributed by atoms with Crippen molar-refractivity contribution in [1.29, 1.82) is 0 Å². The summed E-state index contributed by atoms with van der Waals surface area (Å²) in [7, 11) is -0.919. The van der Waals surface area contributed by atoms with Crippen LogP contribution in [0.2, 0.25) is 5.02 Å². The first-order valence-electron chi connectivity index (χ1n) is 4.48. The van der Waals surface area contributed by atoms with Gasteiger partial charge < -0.3 is 5.32 Å². The monoisotopic (exact) mass is 262 g/mol. The molecule has 1 atom stereocenters. The summed E-state index contributed by atoms with van der Waals surface area (Å²) < 4.78 is 10.8. The molecule has 0 amide bonds. The molecule has 0 bridgehead atoms. The number of nitrogens with zero attached hydrogens (tertiary/aromatic N) is 1. The molecule has 5 nitrogen and oxygen atoms in total. The van der Waals surface area contributed by atoms with Gasteiger partial charge in [0.05, 0.1) is 4.92 Å². The van der Waals surface area contributed by atoms with Crippen molar-refractivity contribution in [2.45, 2.75) is 0 Å². The van der Waals surface area contributed by atoms with Crippen molar-refractivity contribution < 1.29 is 9.13 Å². The van der Waals surface area contributed by atoms with Gasteiger partial charge in [0.25, 0.3) is 5.69 Å². The van der Waals surface area contributed by atoms with Crippen LogP contribution in [0.15, 0.2) is 18.2 Å². The fourth-order valence-corrected chi connectivity index (χ4v) is 1.69. The lowest BCUT2D eigenvalue weighted by Gasteiger charge is -2.06. The van der Waals surface area contributed by atoms with Crippen LogP contribution in [-0.2, 0) is 10.8 Å². The Morgan fingerprint density at radius 2 is 2.25 bits per heavy atom. The molecule has 88 valence electrons. The summed E-state index contributed by atoms with van der Waals surface area (Å²) in [4.78, 5) is 10.2. The van der Waals surface area contributed by atoms with Crippen LogP contribution in [-0.4, -0.2) is 27.7 Å². The maximum atomic E-state index is 10.8. The summed E-state index contributed by atoms with van der Waals surface area (Å²) in [5.41, 5.74) is 0.314. The van der Waals surface area contributed by atoms with Crippen molar-refractivity contribution in [3.05, 3.63) is 33.3 Å². The van der Waals surface area contributed by atoms with Gasteiger partial charge in [0.15, 0.2) is 0 Å². The second-order valence-electron chi connectivity index (χ2n) is 3.12. The second kappa shape index (κ2) is 5.81. The Morgan fingerprint density at radius 1 is 1.56 bits per heavy atom. The van der Waals surface area contributed by atoms with E-state index in [-0.39, 0.29) is 5.69 Å². The molecule has 1 aromatic carbocycles. The minimum Gasteiger partial charge on any atom is -0.379 e. The zero-order chi connectivity index (χ0) is 12.1. The smallest absolute Gasteiger partial charge is 0.293 e. The zero-order valence-corrected chi connectivity index (χ0v) is 10.2. The molecule has 1 rings (SSSR count). The van der Waals surface area contributed by atoms with Crippen LogP contribution in [0.1, 0.15) is 0 Å². The first kappa shape index (κ1) is 12.9. The normalized spacial score (nSPS) is 12.1. The molecule has 0 aliphatic carbocycles. The summed E-state index contributed by atoms with van der Waals surface area (Å²) in [5.74, 6) is 0.444. The number of rotatable bonds is 5. The van der Waals surface area contributed by atoms with Crippen molar-refractivity contribution in [3.63, 3.8) is 0 Å². The molecule has 0 heterocycles. The van der Waals surface area contributed by atoms with Crippen molar-refractivity contribution in [2.24, 2.45) is 0 Å². The first-order valence-corrected chi connectivity index (χ1v) is 6.59. The molecule has 0 aromatic heterocycles. The Bertz CT molecular complexity index is 425. The summed E-state index contributed by atoms with van der Waals surface area (Å²) in [6.45, 7) is 0.422. The predicted octanol–water partition coefficient (Wildman–Crippen LogP) is 2.04. The van der Waals surface area contributed by atoms with Gasteiger partial charge in [-0.15, -0.1) is 0 Å². The number of nitro groups is 1. The van der Waals surface area contributed by atoms with E-state index in [9.17, 15) is 14.3 Å². The van der Waals surface area contributed by atoms with Gasteiger partial charge in [-0.1, -0.05) is 11.6 Å². The maximum Gasteiger partial charge on any atom is 0.293 e. The first-order chi connectivity index (χ1) is 7.50. The Labute approximate surface area is 100 Å². The van der Waals surface area contributed by atoms with Crippen LogP contribution >= 0.6 is 11.6 Å². The van der Waals surface area contributed by atoms with Gasteiger partial charge in [-0.05, 0) is 12.1 Å². The van der Waals surface area contributed by atoms with Gasteiger partial charge in [-0.3, -0.25) is 14.3 Å². The second-order valence-corrected chi connectivity index (χ2v) is 5.11. The van der Waals surface area contributed by atoms with Crippen LogP contribution in [0, 0.1) is 10.1 Å². The van der Waals surface area contributed by atoms with Gasteiger partial charge in [0, 0.05) is 40.4 Å². The average molecular weight is 263 g/mol. The fraction of sp³-hybridized carbons (Fsp3) is 0.333. The summed E-state index contributed by atoms with van der Waals surface area (Å²) >= 11 is 5.66. The number of hydrogen-bond acceptors (Lipinski definition) is 4. The third-order valence-corrected chi connectivity index (χ3v) is 2.88. The Kier molecular flexibility index (Phi) is 4.70. The van der Waals surface area contributed by atoms with Crippen molar-refractivity contribution in [3.8, 4) is 0 Å². The van der Waals surface area contributed by atoms with E-state index in [2.05, 4.69) is 5.32 Å². The number of hydrogen-bond donors (Lipinski definition) is 1. The van der Waals surface area contributed by atoms with E-state index in [1.54, 1.807) is 18.4 Å². The van der Waals surface area contributed by atoms with Gasteiger partial charge in [-0.2, -0.15) is 0 Å². The molecule has 16 heavy (non-hydrogen) atoms. The lowest BCUT2D eigenvalue weighted by atomic mass is 10.2. The topological polar surface area (TPSA) is 72.2 Å². The van der Waals surface area contributed by atoms with E-state index in [0.29, 0.717) is 23.0 Å². The lowest BCUT2D eigenvalue weighted by Crippen LogP contribution is -2.10. The molecule has 0 aliphatic rings. The van der Waals surface area contributed by atoms with Gasteiger partial charge >= 0.3 is 0 Å². The molecule has 0 radical (unpaired) electrons. The van der Waals surface area contributed by atoms with Crippen molar-refractivity contribution in [1.82, 2.24) is 0 Å². The number of halogens is 1. The van der Waals surface area contributed by atoms with Crippen LogP contribution in [0.25, 0.3) is 0 Å². The third-order valence-electron chi connectivity index (χ3n) is 1.86. The minimum atomic E-state index is -0.919. The zero-order valence-electron chi connectivity index (χ0n) is 8.60. The number of benzene rings is 1. The molecular formula is C9H11ClN2O3S. The highest BCUT2D eigenvalue weighted by Gasteiger charge is 2.13. The quantitative estimate of drug-likeness (QED) is 0.651. The van der Waals surface area contributed by atoms with Crippen LogP contribution in [0.4, 0.5) is 11.4 Å². The highest BCUT2D eigenvalue weighted by molar-refractivity contribution is 7.84. The third kappa shape index (κ3) is 3.79. The molecule has 0 spiro atoms. The molecule has 1 aromatic rings. The number of nitro benzene ring substituents is 1. The summed E-state index contributed by atoms with van der Waals surface area (Å²) in [6, 6.07) is 4.39. The lowest BCUT2D eigenvalue weighted by molar-refractivity contribution is -0.383.